The predicted octanol–water partition coefficient (Wildman–Crippen LogP) is 5.98. The quantitative estimate of drug-likeness (QED) is 0.665. The molecule has 0 heterocycles. The molecule has 3 rings (SSSR count). The van der Waals surface area contributed by atoms with Crippen LogP contribution < -0.4 is 4.74 Å². The third-order valence-corrected chi connectivity index (χ3v) is 5.79. The molecule has 1 atom stereocenters. The van der Waals surface area contributed by atoms with Crippen molar-refractivity contribution in [1.29, 1.82) is 0 Å². The lowest BCUT2D eigenvalue weighted by molar-refractivity contribution is 0.202. The molecule has 0 saturated heterocycles. The van der Waals surface area contributed by atoms with Crippen molar-refractivity contribution in [1.82, 2.24) is 0 Å². The van der Waals surface area contributed by atoms with Crippen molar-refractivity contribution in [2.24, 2.45) is 17.8 Å². The summed E-state index contributed by atoms with van der Waals surface area (Å²) < 4.78 is 33.0. The zero-order valence-corrected chi connectivity index (χ0v) is 14.1. The fourth-order valence-electron chi connectivity index (χ4n) is 4.22. The van der Waals surface area contributed by atoms with Crippen LogP contribution >= 0.6 is 0 Å². The van der Waals surface area contributed by atoms with Crippen LogP contribution in [0.2, 0.25) is 0 Å². The number of benzene rings is 1. The van der Waals surface area contributed by atoms with Crippen molar-refractivity contribution in [2.75, 3.05) is 7.11 Å². The average Bonchev–Trinajstić information content (AvgIpc) is 2.58. The fraction of sp³-hybridized carbons (Fsp3) is 0.600. The van der Waals surface area contributed by atoms with E-state index in [0.29, 0.717) is 5.56 Å². The monoisotopic (exact) mass is 320 g/mol. The standard InChI is InChI=1S/C20H26F2O/c1-13-3-5-14(6-4-13)15-7-9-16(10-8-15)17-11-12-18(23-2)20(22)19(17)21/h9,11-15H,3-8,10H2,1-2H3. The van der Waals surface area contributed by atoms with Crippen LogP contribution in [0, 0.1) is 29.4 Å². The fourth-order valence-corrected chi connectivity index (χ4v) is 4.22. The summed E-state index contributed by atoms with van der Waals surface area (Å²) in [6.45, 7) is 2.34. The highest BCUT2D eigenvalue weighted by Gasteiger charge is 2.28. The van der Waals surface area contributed by atoms with E-state index in [1.54, 1.807) is 6.07 Å². The lowest BCUT2D eigenvalue weighted by atomic mass is 9.71. The van der Waals surface area contributed by atoms with Gasteiger partial charge in [-0.15, -0.1) is 0 Å². The summed E-state index contributed by atoms with van der Waals surface area (Å²) >= 11 is 0. The highest BCUT2D eigenvalue weighted by molar-refractivity contribution is 5.67. The van der Waals surface area contributed by atoms with E-state index >= 15 is 0 Å². The minimum atomic E-state index is -0.880. The van der Waals surface area contributed by atoms with Gasteiger partial charge in [0.1, 0.15) is 0 Å². The first-order valence-corrected chi connectivity index (χ1v) is 8.81. The van der Waals surface area contributed by atoms with Gasteiger partial charge in [0.05, 0.1) is 7.11 Å². The molecule has 0 amide bonds. The van der Waals surface area contributed by atoms with Crippen molar-refractivity contribution in [3.8, 4) is 5.75 Å². The lowest BCUT2D eigenvalue weighted by Crippen LogP contribution is -2.22. The Labute approximate surface area is 137 Å². The van der Waals surface area contributed by atoms with E-state index in [0.717, 1.165) is 42.6 Å². The number of allylic oxidation sites excluding steroid dienone is 2. The maximum absolute atomic E-state index is 14.2. The van der Waals surface area contributed by atoms with E-state index in [-0.39, 0.29) is 5.75 Å². The van der Waals surface area contributed by atoms with E-state index in [2.05, 4.69) is 13.0 Å². The molecule has 23 heavy (non-hydrogen) atoms. The van der Waals surface area contributed by atoms with Gasteiger partial charge < -0.3 is 4.74 Å². The summed E-state index contributed by atoms with van der Waals surface area (Å²) in [5, 5.41) is 0. The van der Waals surface area contributed by atoms with Crippen LogP contribution in [-0.4, -0.2) is 7.11 Å². The molecular formula is C20H26F2O. The molecule has 1 saturated carbocycles. The third kappa shape index (κ3) is 3.44. The average molecular weight is 320 g/mol. The van der Waals surface area contributed by atoms with E-state index in [9.17, 15) is 8.78 Å². The SMILES string of the molecule is COc1ccc(C2=CCC(C3CCC(C)CC3)CC2)c(F)c1F. The van der Waals surface area contributed by atoms with Gasteiger partial charge in [-0.2, -0.15) is 4.39 Å². The van der Waals surface area contributed by atoms with Gasteiger partial charge in [0.15, 0.2) is 11.6 Å². The second-order valence-corrected chi connectivity index (χ2v) is 7.23. The van der Waals surface area contributed by atoms with Crippen LogP contribution in [0.4, 0.5) is 8.78 Å². The zero-order chi connectivity index (χ0) is 16.4. The van der Waals surface area contributed by atoms with Crippen LogP contribution in [0.25, 0.3) is 5.57 Å². The lowest BCUT2D eigenvalue weighted by Gasteiger charge is -2.34. The van der Waals surface area contributed by atoms with Crippen molar-refractivity contribution in [2.45, 2.75) is 51.9 Å². The summed E-state index contributed by atoms with van der Waals surface area (Å²) in [5.74, 6) is 0.725. The molecule has 0 spiro atoms. The highest BCUT2D eigenvalue weighted by Crippen LogP contribution is 2.41. The van der Waals surface area contributed by atoms with Crippen molar-refractivity contribution < 1.29 is 13.5 Å². The van der Waals surface area contributed by atoms with Crippen molar-refractivity contribution in [3.63, 3.8) is 0 Å². The minimum absolute atomic E-state index is 0.0307. The summed E-state index contributed by atoms with van der Waals surface area (Å²) in [6.07, 6.45) is 10.4. The molecule has 0 N–H and O–H groups in total. The molecule has 1 aromatic carbocycles. The maximum Gasteiger partial charge on any atom is 0.201 e. The second kappa shape index (κ2) is 7.02. The van der Waals surface area contributed by atoms with Gasteiger partial charge in [0, 0.05) is 5.56 Å². The van der Waals surface area contributed by atoms with Gasteiger partial charge in [-0.3, -0.25) is 0 Å². The van der Waals surface area contributed by atoms with E-state index in [1.165, 1.54) is 38.9 Å². The Morgan fingerprint density at radius 3 is 2.30 bits per heavy atom. The first-order chi connectivity index (χ1) is 11.1. The maximum atomic E-state index is 14.2. The van der Waals surface area contributed by atoms with Gasteiger partial charge in [0.2, 0.25) is 5.82 Å². The first kappa shape index (κ1) is 16.5. The smallest absolute Gasteiger partial charge is 0.201 e. The number of ether oxygens (including phenoxy) is 1. The molecule has 1 fully saturated rings. The molecule has 3 heteroatoms. The Morgan fingerprint density at radius 1 is 0.957 bits per heavy atom. The summed E-state index contributed by atoms with van der Waals surface area (Å²) in [7, 11) is 1.35. The third-order valence-electron chi connectivity index (χ3n) is 5.79. The second-order valence-electron chi connectivity index (χ2n) is 7.23. The van der Waals surface area contributed by atoms with Gasteiger partial charge in [-0.1, -0.05) is 25.8 Å². The van der Waals surface area contributed by atoms with Gasteiger partial charge in [-0.05, 0) is 67.6 Å². The highest BCUT2D eigenvalue weighted by atomic mass is 19.2. The Kier molecular flexibility index (Phi) is 5.03. The molecule has 126 valence electrons. The minimum Gasteiger partial charge on any atom is -0.494 e. The Bertz CT molecular complexity index is 586. The normalized spacial score (nSPS) is 28.3. The van der Waals surface area contributed by atoms with Crippen LogP contribution in [0.3, 0.4) is 0 Å². The van der Waals surface area contributed by atoms with Crippen molar-refractivity contribution >= 4 is 5.57 Å². The van der Waals surface area contributed by atoms with E-state index < -0.39 is 11.6 Å². The summed E-state index contributed by atoms with van der Waals surface area (Å²) in [6, 6.07) is 3.16. The van der Waals surface area contributed by atoms with Crippen LogP contribution in [0.15, 0.2) is 18.2 Å². The molecule has 1 unspecified atom stereocenters. The van der Waals surface area contributed by atoms with Gasteiger partial charge in [0.25, 0.3) is 0 Å². The molecule has 1 aromatic rings. The molecular weight excluding hydrogens is 294 g/mol. The Morgan fingerprint density at radius 2 is 1.70 bits per heavy atom. The Hall–Kier alpha value is -1.38. The topological polar surface area (TPSA) is 9.23 Å². The van der Waals surface area contributed by atoms with E-state index in [4.69, 9.17) is 4.74 Å². The van der Waals surface area contributed by atoms with Crippen LogP contribution in [0.5, 0.6) is 5.75 Å². The molecule has 0 radical (unpaired) electrons. The largest absolute Gasteiger partial charge is 0.494 e. The molecule has 0 aromatic heterocycles. The van der Waals surface area contributed by atoms with Gasteiger partial charge >= 0.3 is 0 Å². The number of hydrogen-bond donors (Lipinski definition) is 0. The molecule has 2 aliphatic rings. The zero-order valence-electron chi connectivity index (χ0n) is 14.1. The number of halogens is 2. The summed E-state index contributed by atoms with van der Waals surface area (Å²) in [4.78, 5) is 0. The van der Waals surface area contributed by atoms with Crippen LogP contribution in [-0.2, 0) is 0 Å². The first-order valence-electron chi connectivity index (χ1n) is 8.81. The van der Waals surface area contributed by atoms with Crippen LogP contribution in [0.1, 0.15) is 57.4 Å². The Balaban J connectivity index is 1.71. The van der Waals surface area contributed by atoms with Gasteiger partial charge in [-0.25, -0.2) is 4.39 Å². The molecule has 0 aliphatic heterocycles. The summed E-state index contributed by atoms with van der Waals surface area (Å²) in [5.41, 5.74) is 1.35. The molecule has 2 aliphatic carbocycles. The number of hydrogen-bond acceptors (Lipinski definition) is 1. The number of rotatable bonds is 3. The molecule has 1 nitrogen and oxygen atoms in total. The number of methoxy groups -OCH3 is 1. The van der Waals surface area contributed by atoms with E-state index in [1.807, 2.05) is 0 Å². The predicted molar refractivity (Wildman–Crippen MR) is 89.4 cm³/mol. The molecule has 0 bridgehead atoms. The van der Waals surface area contributed by atoms with Crippen molar-refractivity contribution in [3.05, 3.63) is 35.4 Å².